The second kappa shape index (κ2) is 11.0. The lowest BCUT2D eigenvalue weighted by molar-refractivity contribution is -0.168. The number of aliphatic carboxylic acids is 1. The number of ether oxygens (including phenoxy) is 1. The highest BCUT2D eigenvalue weighted by molar-refractivity contribution is 6.30. The number of carbonyl (C=O) groups is 1. The minimum Gasteiger partial charge on any atom is -0.479 e. The lowest BCUT2D eigenvalue weighted by atomic mass is 9.73. The van der Waals surface area contributed by atoms with E-state index in [-0.39, 0.29) is 6.10 Å². The Kier molecular flexibility index (Phi) is 8.58. The molecule has 6 nitrogen and oxygen atoms in total. The van der Waals surface area contributed by atoms with Gasteiger partial charge in [-0.25, -0.2) is 14.5 Å². The molecule has 0 aliphatic heterocycles. The SMILES string of the molecule is CC1CCC(C(C)C)C(OC(C(=O)O)C(C(=Cc2ccc(Cl)cc2)n2cncn2)C(C)(C)C)C1. The summed E-state index contributed by atoms with van der Waals surface area (Å²) in [4.78, 5) is 16.9. The monoisotopic (exact) mass is 487 g/mol. The van der Waals surface area contributed by atoms with E-state index in [1.165, 1.54) is 6.33 Å². The van der Waals surface area contributed by atoms with Gasteiger partial charge in [-0.15, -0.1) is 0 Å². The van der Waals surface area contributed by atoms with Crippen LogP contribution in [0.25, 0.3) is 11.8 Å². The molecule has 0 spiro atoms. The van der Waals surface area contributed by atoms with Crippen LogP contribution in [0.3, 0.4) is 0 Å². The third-order valence-corrected chi connectivity index (χ3v) is 7.20. The number of carboxylic acid groups (broad SMARTS) is 1. The van der Waals surface area contributed by atoms with Crippen LogP contribution in [0.15, 0.2) is 36.9 Å². The molecule has 0 amide bonds. The Labute approximate surface area is 208 Å². The summed E-state index contributed by atoms with van der Waals surface area (Å²) in [5, 5.41) is 15.5. The first-order valence-electron chi connectivity index (χ1n) is 12.2. The number of nitrogens with zero attached hydrogens (tertiary/aromatic N) is 3. The quantitative estimate of drug-likeness (QED) is 0.458. The summed E-state index contributed by atoms with van der Waals surface area (Å²) < 4.78 is 8.26. The topological polar surface area (TPSA) is 77.2 Å². The molecule has 34 heavy (non-hydrogen) atoms. The lowest BCUT2D eigenvalue weighted by Gasteiger charge is -2.42. The molecule has 1 aliphatic rings. The molecule has 1 aromatic carbocycles. The smallest absolute Gasteiger partial charge is 0.333 e. The molecule has 1 saturated carbocycles. The van der Waals surface area contributed by atoms with Crippen molar-refractivity contribution in [2.45, 2.75) is 73.0 Å². The van der Waals surface area contributed by atoms with Gasteiger partial charge in [0.05, 0.1) is 11.8 Å². The molecule has 1 fully saturated rings. The fourth-order valence-electron chi connectivity index (χ4n) is 5.16. The van der Waals surface area contributed by atoms with Crippen LogP contribution in [0.4, 0.5) is 0 Å². The number of benzene rings is 1. The largest absolute Gasteiger partial charge is 0.479 e. The maximum Gasteiger partial charge on any atom is 0.333 e. The number of halogens is 1. The molecule has 0 bridgehead atoms. The highest BCUT2D eigenvalue weighted by Gasteiger charge is 2.44. The second-order valence-electron chi connectivity index (χ2n) is 11.1. The molecule has 0 radical (unpaired) electrons. The zero-order valence-corrected chi connectivity index (χ0v) is 21.9. The predicted molar refractivity (Wildman–Crippen MR) is 136 cm³/mol. The van der Waals surface area contributed by atoms with Crippen LogP contribution in [-0.4, -0.2) is 38.0 Å². The molecule has 1 aromatic heterocycles. The summed E-state index contributed by atoms with van der Waals surface area (Å²) in [6.45, 7) is 12.8. The van der Waals surface area contributed by atoms with E-state index in [1.807, 2.05) is 51.1 Å². The summed E-state index contributed by atoms with van der Waals surface area (Å²) in [5.74, 6) is -0.148. The van der Waals surface area contributed by atoms with Gasteiger partial charge in [0.15, 0.2) is 6.10 Å². The van der Waals surface area contributed by atoms with E-state index in [2.05, 4.69) is 30.9 Å². The van der Waals surface area contributed by atoms with Gasteiger partial charge in [-0.1, -0.05) is 71.7 Å². The van der Waals surface area contributed by atoms with E-state index in [1.54, 1.807) is 11.0 Å². The highest BCUT2D eigenvalue weighted by Crippen LogP contribution is 2.42. The summed E-state index contributed by atoms with van der Waals surface area (Å²) in [6, 6.07) is 7.46. The van der Waals surface area contributed by atoms with Gasteiger partial charge in [0.1, 0.15) is 12.7 Å². The van der Waals surface area contributed by atoms with Gasteiger partial charge in [0, 0.05) is 10.9 Å². The van der Waals surface area contributed by atoms with Crippen LogP contribution in [0.1, 0.15) is 66.4 Å². The predicted octanol–water partition coefficient (Wildman–Crippen LogP) is 6.52. The highest BCUT2D eigenvalue weighted by atomic mass is 35.5. The van der Waals surface area contributed by atoms with Gasteiger partial charge < -0.3 is 9.84 Å². The van der Waals surface area contributed by atoms with Crippen LogP contribution in [0, 0.1) is 29.1 Å². The van der Waals surface area contributed by atoms with Crippen molar-refractivity contribution < 1.29 is 14.6 Å². The molecule has 5 unspecified atom stereocenters. The third-order valence-electron chi connectivity index (χ3n) is 6.95. The van der Waals surface area contributed by atoms with Crippen molar-refractivity contribution in [3.8, 4) is 0 Å². The zero-order valence-electron chi connectivity index (χ0n) is 21.1. The van der Waals surface area contributed by atoms with E-state index in [9.17, 15) is 9.90 Å². The molecule has 1 heterocycles. The van der Waals surface area contributed by atoms with Gasteiger partial charge in [-0.2, -0.15) is 5.10 Å². The van der Waals surface area contributed by atoms with Crippen molar-refractivity contribution in [3.05, 3.63) is 47.5 Å². The first kappa shape index (κ1) is 26.4. The standard InChI is InChI=1S/C27H38ClN3O3/c1-17(2)21-12-7-18(3)13-23(21)34-25(26(32)33)24(27(4,5)6)22(31-16-29-15-30-31)14-19-8-10-20(28)11-9-19/h8-11,14-18,21,23-25H,7,12-13H2,1-6H3,(H,32,33). The fraction of sp³-hybridized carbons (Fsp3) is 0.593. The number of hydrogen-bond donors (Lipinski definition) is 1. The Morgan fingerprint density at radius 1 is 1.24 bits per heavy atom. The van der Waals surface area contributed by atoms with Crippen molar-refractivity contribution in [2.24, 2.45) is 29.1 Å². The summed E-state index contributed by atoms with van der Waals surface area (Å²) >= 11 is 6.09. The van der Waals surface area contributed by atoms with Gasteiger partial charge in [0.2, 0.25) is 0 Å². The normalized spacial score (nSPS) is 23.6. The van der Waals surface area contributed by atoms with E-state index in [4.69, 9.17) is 16.3 Å². The molecular weight excluding hydrogens is 450 g/mol. The maximum atomic E-state index is 12.8. The first-order valence-corrected chi connectivity index (χ1v) is 12.6. The maximum absolute atomic E-state index is 12.8. The Bertz CT molecular complexity index is 964. The first-order chi connectivity index (χ1) is 16.0. The Hall–Kier alpha value is -2.18. The number of rotatable bonds is 8. The summed E-state index contributed by atoms with van der Waals surface area (Å²) in [5.41, 5.74) is 1.20. The van der Waals surface area contributed by atoms with Crippen molar-refractivity contribution in [1.82, 2.24) is 14.8 Å². The molecule has 2 aromatic rings. The zero-order chi connectivity index (χ0) is 25.0. The lowest BCUT2D eigenvalue weighted by Crippen LogP contribution is -2.46. The summed E-state index contributed by atoms with van der Waals surface area (Å²) in [7, 11) is 0. The van der Waals surface area contributed by atoms with Crippen molar-refractivity contribution in [2.75, 3.05) is 0 Å². The minimum absolute atomic E-state index is 0.0952. The molecule has 0 saturated heterocycles. The van der Waals surface area contributed by atoms with Gasteiger partial charge in [0.25, 0.3) is 0 Å². The molecule has 5 atom stereocenters. The Morgan fingerprint density at radius 2 is 1.91 bits per heavy atom. The molecule has 3 rings (SSSR count). The van der Waals surface area contributed by atoms with Crippen LogP contribution in [-0.2, 0) is 9.53 Å². The number of carboxylic acids is 1. The van der Waals surface area contributed by atoms with E-state index >= 15 is 0 Å². The van der Waals surface area contributed by atoms with Crippen LogP contribution >= 0.6 is 11.6 Å². The van der Waals surface area contributed by atoms with Crippen LogP contribution < -0.4 is 0 Å². The molecule has 1 aliphatic carbocycles. The number of aromatic nitrogens is 3. The van der Waals surface area contributed by atoms with Crippen LogP contribution in [0.2, 0.25) is 5.02 Å². The average Bonchev–Trinajstić information content (AvgIpc) is 3.27. The molecule has 186 valence electrons. The van der Waals surface area contributed by atoms with Gasteiger partial charge in [-0.3, -0.25) is 0 Å². The Morgan fingerprint density at radius 3 is 2.44 bits per heavy atom. The molecule has 1 N–H and O–H groups in total. The Balaban J connectivity index is 2.08. The van der Waals surface area contributed by atoms with Crippen molar-refractivity contribution in [1.29, 1.82) is 0 Å². The average molecular weight is 488 g/mol. The van der Waals surface area contributed by atoms with E-state index in [0.717, 1.165) is 30.5 Å². The van der Waals surface area contributed by atoms with Crippen molar-refractivity contribution >= 4 is 29.3 Å². The van der Waals surface area contributed by atoms with E-state index < -0.39 is 23.4 Å². The van der Waals surface area contributed by atoms with Gasteiger partial charge >= 0.3 is 5.97 Å². The minimum atomic E-state index is -1.03. The molecular formula is C27H38ClN3O3. The van der Waals surface area contributed by atoms with Gasteiger partial charge in [-0.05, 0) is 59.8 Å². The van der Waals surface area contributed by atoms with Crippen LogP contribution in [0.5, 0.6) is 0 Å². The third kappa shape index (κ3) is 6.48. The number of hydrogen-bond acceptors (Lipinski definition) is 4. The van der Waals surface area contributed by atoms with Crippen molar-refractivity contribution in [3.63, 3.8) is 0 Å². The molecule has 7 heteroatoms. The second-order valence-corrected chi connectivity index (χ2v) is 11.5. The van der Waals surface area contributed by atoms with E-state index in [0.29, 0.717) is 22.8 Å². The summed E-state index contributed by atoms with van der Waals surface area (Å²) in [6.07, 6.45) is 7.01. The fourth-order valence-corrected chi connectivity index (χ4v) is 5.29.